The van der Waals surface area contributed by atoms with Crippen LogP contribution in [-0.2, 0) is 6.61 Å². The molecule has 0 spiro atoms. The predicted molar refractivity (Wildman–Crippen MR) is 101 cm³/mol. The van der Waals surface area contributed by atoms with Gasteiger partial charge in [-0.1, -0.05) is 54.6 Å². The van der Waals surface area contributed by atoms with Gasteiger partial charge in [0.25, 0.3) is 0 Å². The molecule has 0 N–H and O–H groups in total. The molecule has 0 bridgehead atoms. The van der Waals surface area contributed by atoms with E-state index in [0.717, 1.165) is 5.56 Å². The lowest BCUT2D eigenvalue weighted by Gasteiger charge is -2.10. The zero-order valence-electron chi connectivity index (χ0n) is 14.8. The van der Waals surface area contributed by atoms with E-state index >= 15 is 0 Å². The number of para-hydroxylation sites is 1. The first kappa shape index (κ1) is 18.9. The number of nitriles is 1. The Bertz CT molecular complexity index is 1050. The quantitative estimate of drug-likeness (QED) is 0.487. The first-order valence-corrected chi connectivity index (χ1v) is 8.46. The van der Waals surface area contributed by atoms with Crippen LogP contribution in [0.3, 0.4) is 0 Å². The van der Waals surface area contributed by atoms with Crippen LogP contribution in [0.2, 0.25) is 0 Å². The number of carbonyl (C=O) groups is 1. The summed E-state index contributed by atoms with van der Waals surface area (Å²) in [5.41, 5.74) is 2.51. The lowest BCUT2D eigenvalue weighted by atomic mass is 10.0. The third-order valence-electron chi connectivity index (χ3n) is 4.08. The second kappa shape index (κ2) is 8.65. The van der Waals surface area contributed by atoms with Crippen molar-refractivity contribution in [2.45, 2.75) is 6.61 Å². The Morgan fingerprint density at radius 1 is 1.00 bits per heavy atom. The molecule has 5 heteroatoms. The highest BCUT2D eigenvalue weighted by Gasteiger charge is 2.06. The molecule has 28 heavy (non-hydrogen) atoms. The van der Waals surface area contributed by atoms with Crippen LogP contribution in [0.25, 0.3) is 11.6 Å². The maximum Gasteiger partial charge on any atom is 0.127 e. The molecule has 0 aromatic heterocycles. The normalized spacial score (nSPS) is 10.9. The van der Waals surface area contributed by atoms with Crippen molar-refractivity contribution in [1.29, 1.82) is 5.26 Å². The highest BCUT2D eigenvalue weighted by Crippen LogP contribution is 2.25. The van der Waals surface area contributed by atoms with Crippen molar-refractivity contribution in [3.63, 3.8) is 0 Å². The van der Waals surface area contributed by atoms with E-state index in [-0.39, 0.29) is 18.0 Å². The second-order valence-electron chi connectivity index (χ2n) is 5.99. The van der Waals surface area contributed by atoms with Crippen LogP contribution in [-0.4, -0.2) is 5.97 Å². The lowest BCUT2D eigenvalue weighted by Crippen LogP contribution is -2.21. The molecule has 0 amide bonds. The molecule has 3 rings (SSSR count). The van der Waals surface area contributed by atoms with Gasteiger partial charge in [-0.15, -0.1) is 0 Å². The summed E-state index contributed by atoms with van der Waals surface area (Å²) in [5, 5.41) is 20.4. The number of aromatic carboxylic acids is 1. The Balaban J connectivity index is 1.84. The van der Waals surface area contributed by atoms with Crippen molar-refractivity contribution in [3.05, 3.63) is 101 Å². The molecule has 0 radical (unpaired) electrons. The third-order valence-corrected chi connectivity index (χ3v) is 4.08. The van der Waals surface area contributed by atoms with E-state index in [1.807, 2.05) is 18.2 Å². The summed E-state index contributed by atoms with van der Waals surface area (Å²) in [6, 6.07) is 21.3. The Labute approximate surface area is 161 Å². The zero-order chi connectivity index (χ0) is 19.9. The number of hydrogen-bond donors (Lipinski definition) is 0. The first-order chi connectivity index (χ1) is 13.6. The smallest absolute Gasteiger partial charge is 0.127 e. The van der Waals surface area contributed by atoms with Crippen molar-refractivity contribution in [3.8, 4) is 11.8 Å². The van der Waals surface area contributed by atoms with E-state index in [9.17, 15) is 19.6 Å². The van der Waals surface area contributed by atoms with Crippen molar-refractivity contribution in [2.75, 3.05) is 0 Å². The van der Waals surface area contributed by atoms with Gasteiger partial charge in [0.2, 0.25) is 0 Å². The lowest BCUT2D eigenvalue weighted by molar-refractivity contribution is -0.255. The summed E-state index contributed by atoms with van der Waals surface area (Å²) in [6.07, 6.45) is 1.67. The van der Waals surface area contributed by atoms with E-state index in [1.54, 1.807) is 36.4 Å². The number of carboxylic acids is 1. The van der Waals surface area contributed by atoms with Crippen LogP contribution in [0, 0.1) is 17.1 Å². The third kappa shape index (κ3) is 4.63. The molecular formula is C23H15FNO3-. The highest BCUT2D eigenvalue weighted by molar-refractivity contribution is 5.92. The number of carboxylic acid groups (broad SMARTS) is 1. The molecule has 3 aromatic rings. The fourth-order valence-electron chi connectivity index (χ4n) is 2.59. The molecule has 0 saturated carbocycles. The summed E-state index contributed by atoms with van der Waals surface area (Å²) in [5.74, 6) is -1.00. The molecule has 0 aliphatic heterocycles. The maximum absolute atomic E-state index is 13.0. The maximum atomic E-state index is 13.0. The monoisotopic (exact) mass is 372 g/mol. The number of hydrogen-bond acceptors (Lipinski definition) is 4. The molecule has 0 aliphatic rings. The Morgan fingerprint density at radius 2 is 1.64 bits per heavy atom. The second-order valence-corrected chi connectivity index (χ2v) is 5.99. The minimum absolute atomic E-state index is 0.0454. The zero-order valence-corrected chi connectivity index (χ0v) is 14.8. The van der Waals surface area contributed by atoms with Crippen LogP contribution in [0.5, 0.6) is 5.75 Å². The van der Waals surface area contributed by atoms with Gasteiger partial charge in [0.15, 0.2) is 0 Å². The predicted octanol–water partition coefficient (Wildman–Crippen LogP) is 3.83. The summed E-state index contributed by atoms with van der Waals surface area (Å²) in [4.78, 5) is 10.9. The van der Waals surface area contributed by atoms with Crippen molar-refractivity contribution in [1.82, 2.24) is 0 Å². The summed E-state index contributed by atoms with van der Waals surface area (Å²) >= 11 is 0. The standard InChI is InChI=1S/C23H16FNO3/c24-21-11-5-16(6-12-21)15-28-22-4-2-1-3-19(22)13-20(14-25)17-7-9-18(10-8-17)23(26)27/h1-13H,15H2,(H,26,27)/p-1/b20-13-. The van der Waals surface area contributed by atoms with E-state index in [2.05, 4.69) is 6.07 Å². The number of ether oxygens (including phenoxy) is 1. The average molecular weight is 372 g/mol. The first-order valence-electron chi connectivity index (χ1n) is 8.46. The van der Waals surface area contributed by atoms with Crippen LogP contribution >= 0.6 is 0 Å². The number of allylic oxidation sites excluding steroid dienone is 1. The van der Waals surface area contributed by atoms with Gasteiger partial charge in [-0.2, -0.15) is 5.26 Å². The van der Waals surface area contributed by atoms with Crippen LogP contribution in [0.15, 0.2) is 72.8 Å². The molecular weight excluding hydrogens is 357 g/mol. The van der Waals surface area contributed by atoms with Crippen molar-refractivity contribution in [2.24, 2.45) is 0 Å². The van der Waals surface area contributed by atoms with Crippen LogP contribution in [0.1, 0.15) is 27.0 Å². The minimum Gasteiger partial charge on any atom is -0.545 e. The van der Waals surface area contributed by atoms with Crippen LogP contribution in [0.4, 0.5) is 4.39 Å². The van der Waals surface area contributed by atoms with E-state index in [4.69, 9.17) is 4.74 Å². The number of halogens is 1. The largest absolute Gasteiger partial charge is 0.545 e. The van der Waals surface area contributed by atoms with Gasteiger partial charge < -0.3 is 14.6 Å². The SMILES string of the molecule is N#C/C(=C/c1ccccc1OCc1ccc(F)cc1)c1ccc(C(=O)[O-])cc1. The highest BCUT2D eigenvalue weighted by atomic mass is 19.1. The Hall–Kier alpha value is -3.91. The van der Waals surface area contributed by atoms with Gasteiger partial charge in [-0.3, -0.25) is 0 Å². The van der Waals surface area contributed by atoms with E-state index < -0.39 is 5.97 Å². The average Bonchev–Trinajstić information content (AvgIpc) is 2.72. The molecule has 0 unspecified atom stereocenters. The number of benzene rings is 3. The number of carbonyl (C=O) groups excluding carboxylic acids is 1. The van der Waals surface area contributed by atoms with E-state index in [1.165, 1.54) is 24.3 Å². The van der Waals surface area contributed by atoms with Gasteiger partial charge in [0.1, 0.15) is 18.2 Å². The van der Waals surface area contributed by atoms with Gasteiger partial charge in [0, 0.05) is 5.56 Å². The summed E-state index contributed by atoms with van der Waals surface area (Å²) < 4.78 is 18.8. The molecule has 4 nitrogen and oxygen atoms in total. The fraction of sp³-hybridized carbons (Fsp3) is 0.0435. The molecule has 3 aromatic carbocycles. The molecule has 0 fully saturated rings. The van der Waals surface area contributed by atoms with Gasteiger partial charge >= 0.3 is 0 Å². The fourth-order valence-corrected chi connectivity index (χ4v) is 2.59. The number of rotatable bonds is 6. The number of nitrogens with zero attached hydrogens (tertiary/aromatic N) is 1. The molecule has 0 heterocycles. The van der Waals surface area contributed by atoms with Crippen LogP contribution < -0.4 is 9.84 Å². The van der Waals surface area contributed by atoms with Gasteiger partial charge in [0.05, 0.1) is 17.6 Å². The van der Waals surface area contributed by atoms with Crippen molar-refractivity contribution >= 4 is 17.6 Å². The van der Waals surface area contributed by atoms with E-state index in [0.29, 0.717) is 22.4 Å². The Kier molecular flexibility index (Phi) is 5.83. The van der Waals surface area contributed by atoms with Gasteiger partial charge in [-0.05, 0) is 41.0 Å². The molecule has 0 aliphatic carbocycles. The molecule has 138 valence electrons. The molecule has 0 saturated heterocycles. The Morgan fingerprint density at radius 3 is 2.29 bits per heavy atom. The topological polar surface area (TPSA) is 73.1 Å². The summed E-state index contributed by atoms with van der Waals surface area (Å²) in [6.45, 7) is 0.257. The summed E-state index contributed by atoms with van der Waals surface area (Å²) in [7, 11) is 0. The molecule has 0 atom stereocenters. The van der Waals surface area contributed by atoms with Gasteiger partial charge in [-0.25, -0.2) is 4.39 Å². The van der Waals surface area contributed by atoms with Crippen molar-refractivity contribution < 1.29 is 19.0 Å². The minimum atomic E-state index is -1.27.